The summed E-state index contributed by atoms with van der Waals surface area (Å²) in [5, 5.41) is 16.0. The topological polar surface area (TPSA) is 98.7 Å². The number of hydrogen-bond acceptors (Lipinski definition) is 4. The smallest absolute Gasteiger partial charge is 0.268 e. The Balaban J connectivity index is 1.72. The number of amides is 3. The minimum atomic E-state index is -2.25. The normalized spacial score (nSPS) is 18.4. The molecule has 3 amide bonds. The molecule has 0 saturated carbocycles. The predicted molar refractivity (Wildman–Crippen MR) is 110 cm³/mol. The fraction of sp³-hybridized carbons (Fsp3) is 0.286. The highest BCUT2D eigenvalue weighted by Crippen LogP contribution is 2.29. The lowest BCUT2D eigenvalue weighted by Gasteiger charge is -2.22. The van der Waals surface area contributed by atoms with Crippen LogP contribution in [0, 0.1) is 5.82 Å². The summed E-state index contributed by atoms with van der Waals surface area (Å²) in [4.78, 5) is 38.7. The van der Waals surface area contributed by atoms with Gasteiger partial charge in [0, 0.05) is 42.3 Å². The van der Waals surface area contributed by atoms with Crippen LogP contribution < -0.4 is 15.5 Å². The Kier molecular flexibility index (Phi) is 6.38. The first-order valence-corrected chi connectivity index (χ1v) is 9.78. The molecule has 1 atom stereocenters. The van der Waals surface area contributed by atoms with Crippen LogP contribution >= 0.6 is 11.6 Å². The van der Waals surface area contributed by atoms with E-state index < -0.39 is 23.2 Å². The SMILES string of the molecule is CCNC(=O)c1cccc(N2CCC(O)(C(=O)NCc3cc(F)cc(Cl)c3)C2=O)c1. The van der Waals surface area contributed by atoms with Gasteiger partial charge >= 0.3 is 0 Å². The zero-order valence-electron chi connectivity index (χ0n) is 16.2. The third-order valence-electron chi connectivity index (χ3n) is 4.80. The molecule has 1 saturated heterocycles. The molecule has 158 valence electrons. The molecule has 3 rings (SSSR count). The van der Waals surface area contributed by atoms with Crippen molar-refractivity contribution in [1.82, 2.24) is 10.6 Å². The standard InChI is InChI=1S/C21H21ClFN3O4/c1-2-24-18(27)14-4-3-5-17(10-14)26-7-6-21(30,20(26)29)19(28)25-12-13-8-15(22)11-16(23)9-13/h3-5,8-11,30H,2,6-7,12H2,1H3,(H,24,27)(H,25,28). The number of halogens is 2. The van der Waals surface area contributed by atoms with Gasteiger partial charge in [-0.05, 0) is 48.9 Å². The van der Waals surface area contributed by atoms with E-state index in [1.54, 1.807) is 25.1 Å². The number of rotatable bonds is 6. The Morgan fingerprint density at radius 3 is 2.70 bits per heavy atom. The van der Waals surface area contributed by atoms with Gasteiger partial charge in [0.1, 0.15) is 5.82 Å². The van der Waals surface area contributed by atoms with Gasteiger partial charge in [-0.3, -0.25) is 14.4 Å². The van der Waals surface area contributed by atoms with Gasteiger partial charge in [0.05, 0.1) is 0 Å². The molecule has 3 N–H and O–H groups in total. The molecule has 2 aromatic rings. The number of anilines is 1. The van der Waals surface area contributed by atoms with Crippen molar-refractivity contribution in [3.63, 3.8) is 0 Å². The summed E-state index contributed by atoms with van der Waals surface area (Å²) in [5.74, 6) is -2.51. The molecule has 2 aromatic carbocycles. The maximum absolute atomic E-state index is 13.4. The van der Waals surface area contributed by atoms with Crippen LogP contribution in [0.2, 0.25) is 5.02 Å². The van der Waals surface area contributed by atoms with E-state index in [0.29, 0.717) is 23.4 Å². The summed E-state index contributed by atoms with van der Waals surface area (Å²) >= 11 is 5.79. The molecule has 1 aliphatic rings. The zero-order valence-corrected chi connectivity index (χ0v) is 17.0. The Morgan fingerprint density at radius 2 is 2.00 bits per heavy atom. The Labute approximate surface area is 177 Å². The highest BCUT2D eigenvalue weighted by atomic mass is 35.5. The van der Waals surface area contributed by atoms with E-state index in [2.05, 4.69) is 10.6 Å². The first-order chi connectivity index (χ1) is 14.2. The molecule has 0 spiro atoms. The van der Waals surface area contributed by atoms with Crippen molar-refractivity contribution in [1.29, 1.82) is 0 Å². The van der Waals surface area contributed by atoms with Crippen molar-refractivity contribution in [2.75, 3.05) is 18.0 Å². The number of hydrogen-bond donors (Lipinski definition) is 3. The van der Waals surface area contributed by atoms with Crippen LogP contribution in [0.25, 0.3) is 0 Å². The van der Waals surface area contributed by atoms with Crippen LogP contribution in [0.4, 0.5) is 10.1 Å². The molecule has 1 unspecified atom stereocenters. The number of nitrogens with one attached hydrogen (secondary N) is 2. The van der Waals surface area contributed by atoms with Crippen LogP contribution in [0.5, 0.6) is 0 Å². The zero-order chi connectivity index (χ0) is 21.9. The molecule has 1 heterocycles. The molecule has 9 heteroatoms. The van der Waals surface area contributed by atoms with Crippen molar-refractivity contribution in [3.05, 3.63) is 64.4 Å². The molecular formula is C21H21ClFN3O4. The van der Waals surface area contributed by atoms with E-state index in [9.17, 15) is 23.9 Å². The third kappa shape index (κ3) is 4.44. The lowest BCUT2D eigenvalue weighted by atomic mass is 10.0. The van der Waals surface area contributed by atoms with Crippen molar-refractivity contribution in [2.45, 2.75) is 25.5 Å². The summed E-state index contributed by atoms with van der Waals surface area (Å²) in [6.45, 7) is 2.26. The average molecular weight is 434 g/mol. The number of carbonyl (C=O) groups is 3. The van der Waals surface area contributed by atoms with E-state index in [1.807, 2.05) is 0 Å². The van der Waals surface area contributed by atoms with Gasteiger partial charge in [-0.1, -0.05) is 17.7 Å². The minimum Gasteiger partial charge on any atom is -0.372 e. The highest BCUT2D eigenvalue weighted by molar-refractivity contribution is 6.30. The molecule has 0 radical (unpaired) electrons. The second kappa shape index (κ2) is 8.81. The van der Waals surface area contributed by atoms with Gasteiger partial charge in [-0.15, -0.1) is 0 Å². The van der Waals surface area contributed by atoms with Crippen LogP contribution in [-0.2, 0) is 16.1 Å². The van der Waals surface area contributed by atoms with Crippen molar-refractivity contribution in [2.24, 2.45) is 0 Å². The van der Waals surface area contributed by atoms with Crippen LogP contribution in [0.3, 0.4) is 0 Å². The summed E-state index contributed by atoms with van der Waals surface area (Å²) in [7, 11) is 0. The van der Waals surface area contributed by atoms with Gasteiger partial charge < -0.3 is 20.6 Å². The Bertz CT molecular complexity index is 980. The van der Waals surface area contributed by atoms with E-state index >= 15 is 0 Å². The molecule has 30 heavy (non-hydrogen) atoms. The van der Waals surface area contributed by atoms with Crippen LogP contribution in [0.15, 0.2) is 42.5 Å². The minimum absolute atomic E-state index is 0.0986. The molecule has 0 bridgehead atoms. The van der Waals surface area contributed by atoms with Gasteiger partial charge in [0.25, 0.3) is 17.7 Å². The van der Waals surface area contributed by atoms with E-state index in [-0.39, 0.29) is 30.4 Å². The lowest BCUT2D eigenvalue weighted by Crippen LogP contribution is -2.52. The van der Waals surface area contributed by atoms with Gasteiger partial charge in [-0.2, -0.15) is 0 Å². The fourth-order valence-electron chi connectivity index (χ4n) is 3.28. The monoisotopic (exact) mass is 433 g/mol. The van der Waals surface area contributed by atoms with Crippen molar-refractivity contribution < 1.29 is 23.9 Å². The molecule has 0 aliphatic carbocycles. The molecule has 1 fully saturated rings. The number of aliphatic hydroxyl groups is 1. The van der Waals surface area contributed by atoms with Crippen LogP contribution in [0.1, 0.15) is 29.3 Å². The number of benzene rings is 2. The molecule has 1 aliphatic heterocycles. The fourth-order valence-corrected chi connectivity index (χ4v) is 3.53. The predicted octanol–water partition coefficient (Wildman–Crippen LogP) is 2.01. The lowest BCUT2D eigenvalue weighted by molar-refractivity contribution is -0.149. The summed E-state index contributed by atoms with van der Waals surface area (Å²) in [6.07, 6.45) is -0.118. The number of nitrogens with zero attached hydrogens (tertiary/aromatic N) is 1. The van der Waals surface area contributed by atoms with E-state index in [4.69, 9.17) is 11.6 Å². The highest BCUT2D eigenvalue weighted by Gasteiger charge is 2.51. The van der Waals surface area contributed by atoms with Gasteiger partial charge in [-0.25, -0.2) is 4.39 Å². The molecule has 7 nitrogen and oxygen atoms in total. The quantitative estimate of drug-likeness (QED) is 0.607. The van der Waals surface area contributed by atoms with Gasteiger partial charge in [0.2, 0.25) is 5.60 Å². The first-order valence-electron chi connectivity index (χ1n) is 9.40. The van der Waals surface area contributed by atoms with Crippen molar-refractivity contribution in [3.8, 4) is 0 Å². The van der Waals surface area contributed by atoms with E-state index in [1.165, 1.54) is 23.1 Å². The summed E-state index contributed by atoms with van der Waals surface area (Å²) in [5.41, 5.74) is -1.08. The molecular weight excluding hydrogens is 413 g/mol. The summed E-state index contributed by atoms with van der Waals surface area (Å²) < 4.78 is 13.4. The first kappa shape index (κ1) is 21.7. The Hall–Kier alpha value is -2.97. The van der Waals surface area contributed by atoms with E-state index in [0.717, 1.165) is 6.07 Å². The van der Waals surface area contributed by atoms with Gasteiger partial charge in [0.15, 0.2) is 0 Å². The summed E-state index contributed by atoms with van der Waals surface area (Å²) in [6, 6.07) is 10.2. The second-order valence-electron chi connectivity index (χ2n) is 6.94. The maximum Gasteiger partial charge on any atom is 0.268 e. The second-order valence-corrected chi connectivity index (χ2v) is 7.37. The Morgan fingerprint density at radius 1 is 1.23 bits per heavy atom. The maximum atomic E-state index is 13.4. The average Bonchev–Trinajstić information content (AvgIpc) is 3.01. The van der Waals surface area contributed by atoms with Crippen molar-refractivity contribution >= 4 is 35.0 Å². The van der Waals surface area contributed by atoms with Crippen LogP contribution in [-0.4, -0.2) is 41.5 Å². The molecule has 0 aromatic heterocycles. The number of carbonyl (C=O) groups excluding carboxylic acids is 3. The largest absolute Gasteiger partial charge is 0.372 e. The third-order valence-corrected chi connectivity index (χ3v) is 5.02.